The standard InChI is InChI=1S/C18H23N3O/c1-3-17(22)20-11-7-10-16(13-20)21-14(2)12-19-18(21)15-8-5-4-6-9-15/h4-6,8-9,12,16H,3,7,10-11,13H2,1-2H3. The summed E-state index contributed by atoms with van der Waals surface area (Å²) in [6.07, 6.45) is 4.68. The second kappa shape index (κ2) is 6.34. The van der Waals surface area contributed by atoms with E-state index in [2.05, 4.69) is 28.6 Å². The molecule has 1 fully saturated rings. The van der Waals surface area contributed by atoms with Crippen molar-refractivity contribution >= 4 is 5.91 Å². The Balaban J connectivity index is 1.91. The Hall–Kier alpha value is -2.10. The maximum Gasteiger partial charge on any atom is 0.222 e. The molecule has 1 unspecified atom stereocenters. The van der Waals surface area contributed by atoms with E-state index in [4.69, 9.17) is 0 Å². The lowest BCUT2D eigenvalue weighted by atomic mass is 10.0. The number of piperidine rings is 1. The van der Waals surface area contributed by atoms with Gasteiger partial charge in [0.1, 0.15) is 5.82 Å². The molecule has 0 radical (unpaired) electrons. The van der Waals surface area contributed by atoms with E-state index in [-0.39, 0.29) is 5.91 Å². The Kier molecular flexibility index (Phi) is 4.27. The van der Waals surface area contributed by atoms with Gasteiger partial charge < -0.3 is 9.47 Å². The Morgan fingerprint density at radius 1 is 1.32 bits per heavy atom. The second-order valence-corrected chi connectivity index (χ2v) is 5.95. The second-order valence-electron chi connectivity index (χ2n) is 5.95. The van der Waals surface area contributed by atoms with Crippen LogP contribution in [0.1, 0.15) is 37.9 Å². The van der Waals surface area contributed by atoms with E-state index >= 15 is 0 Å². The molecule has 0 aliphatic carbocycles. The van der Waals surface area contributed by atoms with Gasteiger partial charge in [-0.1, -0.05) is 37.3 Å². The molecule has 0 spiro atoms. The Bertz CT molecular complexity index is 648. The van der Waals surface area contributed by atoms with Gasteiger partial charge in [0.15, 0.2) is 0 Å². The van der Waals surface area contributed by atoms with Crippen LogP contribution >= 0.6 is 0 Å². The topological polar surface area (TPSA) is 38.1 Å². The summed E-state index contributed by atoms with van der Waals surface area (Å²) in [5, 5.41) is 0. The lowest BCUT2D eigenvalue weighted by molar-refractivity contribution is -0.132. The van der Waals surface area contributed by atoms with Crippen molar-refractivity contribution < 1.29 is 4.79 Å². The number of hydrogen-bond donors (Lipinski definition) is 0. The number of nitrogens with zero attached hydrogens (tertiary/aromatic N) is 3. The van der Waals surface area contributed by atoms with Crippen LogP contribution in [0.25, 0.3) is 11.4 Å². The fourth-order valence-corrected chi connectivity index (χ4v) is 3.32. The maximum atomic E-state index is 12.0. The fraction of sp³-hybridized carbons (Fsp3) is 0.444. The minimum atomic E-state index is 0.253. The lowest BCUT2D eigenvalue weighted by Gasteiger charge is -2.34. The van der Waals surface area contributed by atoms with E-state index in [0.29, 0.717) is 12.5 Å². The molecule has 4 nitrogen and oxygen atoms in total. The molecule has 1 amide bonds. The molecule has 1 aromatic heterocycles. The zero-order valence-electron chi connectivity index (χ0n) is 13.3. The number of aromatic nitrogens is 2. The number of carbonyl (C=O) groups excluding carboxylic acids is 1. The Morgan fingerprint density at radius 2 is 2.09 bits per heavy atom. The fourth-order valence-electron chi connectivity index (χ4n) is 3.32. The summed E-state index contributed by atoms with van der Waals surface area (Å²) in [7, 11) is 0. The summed E-state index contributed by atoms with van der Waals surface area (Å²) in [5.41, 5.74) is 2.30. The molecule has 0 bridgehead atoms. The van der Waals surface area contributed by atoms with Crippen LogP contribution in [0.5, 0.6) is 0 Å². The number of hydrogen-bond acceptors (Lipinski definition) is 2. The van der Waals surface area contributed by atoms with E-state index in [9.17, 15) is 4.79 Å². The quantitative estimate of drug-likeness (QED) is 0.870. The van der Waals surface area contributed by atoms with Crippen LogP contribution in [0.2, 0.25) is 0 Å². The van der Waals surface area contributed by atoms with E-state index < -0.39 is 0 Å². The van der Waals surface area contributed by atoms with Crippen LogP contribution < -0.4 is 0 Å². The number of carbonyl (C=O) groups is 1. The molecule has 4 heteroatoms. The van der Waals surface area contributed by atoms with Crippen LogP contribution in [-0.2, 0) is 4.79 Å². The monoisotopic (exact) mass is 297 g/mol. The number of imidazole rings is 1. The van der Waals surface area contributed by atoms with Gasteiger partial charge in [-0.2, -0.15) is 0 Å². The summed E-state index contributed by atoms with van der Waals surface area (Å²) < 4.78 is 2.31. The van der Waals surface area contributed by atoms with Crippen LogP contribution in [0, 0.1) is 6.92 Å². The first-order valence-electron chi connectivity index (χ1n) is 8.07. The average molecular weight is 297 g/mol. The number of aryl methyl sites for hydroxylation is 1. The lowest BCUT2D eigenvalue weighted by Crippen LogP contribution is -2.40. The molecule has 1 aliphatic rings. The zero-order valence-corrected chi connectivity index (χ0v) is 13.3. The van der Waals surface area contributed by atoms with Gasteiger partial charge in [-0.15, -0.1) is 0 Å². The molecule has 1 saturated heterocycles. The summed E-state index contributed by atoms with van der Waals surface area (Å²) in [6.45, 7) is 5.71. The Morgan fingerprint density at radius 3 is 2.82 bits per heavy atom. The number of amides is 1. The van der Waals surface area contributed by atoms with Crippen LogP contribution in [0.4, 0.5) is 0 Å². The van der Waals surface area contributed by atoms with Gasteiger partial charge in [-0.25, -0.2) is 4.98 Å². The molecule has 0 N–H and O–H groups in total. The molecule has 22 heavy (non-hydrogen) atoms. The molecule has 2 aromatic rings. The van der Waals surface area contributed by atoms with Crippen molar-refractivity contribution in [3.8, 4) is 11.4 Å². The minimum absolute atomic E-state index is 0.253. The molecule has 116 valence electrons. The smallest absolute Gasteiger partial charge is 0.222 e. The van der Waals surface area contributed by atoms with Gasteiger partial charge in [-0.3, -0.25) is 4.79 Å². The summed E-state index contributed by atoms with van der Waals surface area (Å²) in [6, 6.07) is 10.6. The molecule has 1 atom stereocenters. The van der Waals surface area contributed by atoms with Crippen LogP contribution in [0.15, 0.2) is 36.5 Å². The number of rotatable bonds is 3. The molecular weight excluding hydrogens is 274 g/mol. The van der Waals surface area contributed by atoms with Crippen molar-refractivity contribution in [3.63, 3.8) is 0 Å². The van der Waals surface area contributed by atoms with E-state index in [1.807, 2.05) is 36.2 Å². The molecule has 1 aliphatic heterocycles. The number of benzene rings is 1. The minimum Gasteiger partial charge on any atom is -0.341 e. The van der Waals surface area contributed by atoms with Gasteiger partial charge in [0.25, 0.3) is 0 Å². The van der Waals surface area contributed by atoms with Gasteiger partial charge in [0.05, 0.1) is 6.04 Å². The predicted octanol–water partition coefficient (Wildman–Crippen LogP) is 3.43. The van der Waals surface area contributed by atoms with E-state index in [1.54, 1.807) is 0 Å². The van der Waals surface area contributed by atoms with Gasteiger partial charge in [0, 0.05) is 37.0 Å². The van der Waals surface area contributed by atoms with Crippen LogP contribution in [0.3, 0.4) is 0 Å². The zero-order chi connectivity index (χ0) is 15.5. The van der Waals surface area contributed by atoms with E-state index in [0.717, 1.165) is 43.0 Å². The van der Waals surface area contributed by atoms with Crippen molar-refractivity contribution in [3.05, 3.63) is 42.2 Å². The highest BCUT2D eigenvalue weighted by molar-refractivity contribution is 5.75. The largest absolute Gasteiger partial charge is 0.341 e. The SMILES string of the molecule is CCC(=O)N1CCCC(n2c(C)cnc2-c2ccccc2)C1. The van der Waals surface area contributed by atoms with Gasteiger partial charge >= 0.3 is 0 Å². The van der Waals surface area contributed by atoms with Gasteiger partial charge in [0.2, 0.25) is 5.91 Å². The van der Waals surface area contributed by atoms with Crippen molar-refractivity contribution in [2.24, 2.45) is 0 Å². The summed E-state index contributed by atoms with van der Waals surface area (Å²) in [4.78, 5) is 18.6. The van der Waals surface area contributed by atoms with Crippen molar-refractivity contribution in [1.82, 2.24) is 14.5 Å². The van der Waals surface area contributed by atoms with Gasteiger partial charge in [-0.05, 0) is 19.8 Å². The number of likely N-dealkylation sites (tertiary alicyclic amines) is 1. The third-order valence-electron chi connectivity index (χ3n) is 4.43. The predicted molar refractivity (Wildman–Crippen MR) is 87.5 cm³/mol. The average Bonchev–Trinajstić information content (AvgIpc) is 2.96. The third kappa shape index (κ3) is 2.78. The first-order chi connectivity index (χ1) is 10.7. The molecule has 1 aromatic carbocycles. The highest BCUT2D eigenvalue weighted by atomic mass is 16.2. The Labute approximate surface area is 131 Å². The normalized spacial score (nSPS) is 18.5. The summed E-state index contributed by atoms with van der Waals surface area (Å²) >= 11 is 0. The molecular formula is C18H23N3O. The van der Waals surface area contributed by atoms with Crippen LogP contribution in [-0.4, -0.2) is 33.4 Å². The van der Waals surface area contributed by atoms with Crippen molar-refractivity contribution in [2.75, 3.05) is 13.1 Å². The molecule has 0 saturated carbocycles. The first kappa shape index (κ1) is 14.8. The van der Waals surface area contributed by atoms with E-state index in [1.165, 1.54) is 0 Å². The molecule has 2 heterocycles. The van der Waals surface area contributed by atoms with Crippen molar-refractivity contribution in [1.29, 1.82) is 0 Å². The molecule has 3 rings (SSSR count). The third-order valence-corrected chi connectivity index (χ3v) is 4.43. The highest BCUT2D eigenvalue weighted by Crippen LogP contribution is 2.29. The summed E-state index contributed by atoms with van der Waals surface area (Å²) in [5.74, 6) is 1.26. The highest BCUT2D eigenvalue weighted by Gasteiger charge is 2.26. The van der Waals surface area contributed by atoms with Crippen molar-refractivity contribution in [2.45, 2.75) is 39.2 Å². The first-order valence-corrected chi connectivity index (χ1v) is 8.07. The maximum absolute atomic E-state index is 12.0.